The van der Waals surface area contributed by atoms with E-state index in [9.17, 15) is 0 Å². The van der Waals surface area contributed by atoms with Crippen LogP contribution in [-0.2, 0) is 13.0 Å². The second kappa shape index (κ2) is 10.2. The standard InChI is InChI=1S/C22H27N5O2/c1-23-22(24-14-12-17-4-8-20(28-2)9-5-17)25-16-18-13-15-27(26-18)19-6-10-21(29-3)11-7-19/h4-11,13,15H,12,14,16H2,1-3H3,(H2,23,24,25). The molecular formula is C22H27N5O2. The van der Waals surface area contributed by atoms with Crippen LogP contribution in [0, 0.1) is 0 Å². The minimum absolute atomic E-state index is 0.589. The number of guanidine groups is 1. The molecule has 0 aliphatic rings. The van der Waals surface area contributed by atoms with Gasteiger partial charge in [-0.3, -0.25) is 4.99 Å². The highest BCUT2D eigenvalue weighted by atomic mass is 16.5. The summed E-state index contributed by atoms with van der Waals surface area (Å²) in [5.74, 6) is 2.44. The molecule has 3 rings (SSSR count). The second-order valence-corrected chi connectivity index (χ2v) is 6.40. The highest BCUT2D eigenvalue weighted by molar-refractivity contribution is 5.79. The lowest BCUT2D eigenvalue weighted by molar-refractivity contribution is 0.414. The fraction of sp³-hybridized carbons (Fsp3) is 0.273. The molecule has 1 heterocycles. The number of aromatic nitrogens is 2. The molecule has 0 radical (unpaired) electrons. The first kappa shape index (κ1) is 20.3. The third-order valence-electron chi connectivity index (χ3n) is 4.51. The van der Waals surface area contributed by atoms with Crippen molar-refractivity contribution in [3.8, 4) is 17.2 Å². The summed E-state index contributed by atoms with van der Waals surface area (Å²) in [5.41, 5.74) is 3.16. The van der Waals surface area contributed by atoms with E-state index in [1.54, 1.807) is 21.3 Å². The van der Waals surface area contributed by atoms with Crippen molar-refractivity contribution in [2.75, 3.05) is 27.8 Å². The number of aliphatic imine (C=N–C) groups is 1. The van der Waals surface area contributed by atoms with Gasteiger partial charge in [0.2, 0.25) is 0 Å². The quantitative estimate of drug-likeness (QED) is 0.455. The Hall–Kier alpha value is -3.48. The number of nitrogens with zero attached hydrogens (tertiary/aromatic N) is 3. The van der Waals surface area contributed by atoms with Crippen LogP contribution in [0.25, 0.3) is 5.69 Å². The highest BCUT2D eigenvalue weighted by Gasteiger charge is 2.04. The van der Waals surface area contributed by atoms with Crippen molar-refractivity contribution >= 4 is 5.96 Å². The Balaban J connectivity index is 1.47. The molecule has 0 saturated heterocycles. The molecule has 0 spiro atoms. The van der Waals surface area contributed by atoms with Crippen LogP contribution in [0.5, 0.6) is 11.5 Å². The van der Waals surface area contributed by atoms with Gasteiger partial charge < -0.3 is 20.1 Å². The maximum atomic E-state index is 5.19. The molecule has 0 atom stereocenters. The van der Waals surface area contributed by atoms with Crippen LogP contribution in [0.15, 0.2) is 65.8 Å². The predicted octanol–water partition coefficient (Wildman–Crippen LogP) is 2.80. The summed E-state index contributed by atoms with van der Waals surface area (Å²) in [5, 5.41) is 11.2. The Morgan fingerprint density at radius 2 is 1.59 bits per heavy atom. The first-order valence-corrected chi connectivity index (χ1v) is 9.48. The van der Waals surface area contributed by atoms with Crippen molar-refractivity contribution in [2.45, 2.75) is 13.0 Å². The Bertz CT molecular complexity index is 917. The molecule has 0 fully saturated rings. The molecule has 0 saturated carbocycles. The van der Waals surface area contributed by atoms with Crippen molar-refractivity contribution in [1.29, 1.82) is 0 Å². The van der Waals surface area contributed by atoms with Gasteiger partial charge in [-0.1, -0.05) is 12.1 Å². The fourth-order valence-corrected chi connectivity index (χ4v) is 2.85. The van der Waals surface area contributed by atoms with E-state index >= 15 is 0 Å². The van der Waals surface area contributed by atoms with Crippen LogP contribution < -0.4 is 20.1 Å². The number of hydrogen-bond acceptors (Lipinski definition) is 4. The van der Waals surface area contributed by atoms with Gasteiger partial charge >= 0.3 is 0 Å². The van der Waals surface area contributed by atoms with Gasteiger partial charge in [0.25, 0.3) is 0 Å². The molecule has 7 nitrogen and oxygen atoms in total. The fourth-order valence-electron chi connectivity index (χ4n) is 2.85. The normalized spacial score (nSPS) is 11.2. The predicted molar refractivity (Wildman–Crippen MR) is 115 cm³/mol. The average molecular weight is 393 g/mol. The Kier molecular flexibility index (Phi) is 7.10. The van der Waals surface area contributed by atoms with Crippen molar-refractivity contribution in [3.63, 3.8) is 0 Å². The van der Waals surface area contributed by atoms with Crippen LogP contribution in [0.1, 0.15) is 11.3 Å². The van der Waals surface area contributed by atoms with Crippen LogP contribution >= 0.6 is 0 Å². The van der Waals surface area contributed by atoms with Gasteiger partial charge in [0.15, 0.2) is 5.96 Å². The minimum Gasteiger partial charge on any atom is -0.497 e. The molecule has 0 unspecified atom stereocenters. The molecule has 0 aliphatic heterocycles. The van der Waals surface area contributed by atoms with E-state index in [1.165, 1.54) is 5.56 Å². The van der Waals surface area contributed by atoms with Gasteiger partial charge in [-0.05, 0) is 54.4 Å². The Morgan fingerprint density at radius 3 is 2.21 bits per heavy atom. The number of benzene rings is 2. The summed E-state index contributed by atoms with van der Waals surface area (Å²) in [6.45, 7) is 1.37. The van der Waals surface area contributed by atoms with Gasteiger partial charge in [0.1, 0.15) is 11.5 Å². The zero-order valence-electron chi connectivity index (χ0n) is 17.1. The molecule has 0 aliphatic carbocycles. The highest BCUT2D eigenvalue weighted by Crippen LogP contribution is 2.14. The largest absolute Gasteiger partial charge is 0.497 e. The maximum absolute atomic E-state index is 5.19. The molecule has 152 valence electrons. The first-order valence-electron chi connectivity index (χ1n) is 9.48. The minimum atomic E-state index is 0.589. The van der Waals surface area contributed by atoms with Crippen LogP contribution in [0.4, 0.5) is 0 Å². The summed E-state index contributed by atoms with van der Waals surface area (Å²) in [6, 6.07) is 17.9. The molecule has 2 N–H and O–H groups in total. The number of nitrogens with one attached hydrogen (secondary N) is 2. The maximum Gasteiger partial charge on any atom is 0.191 e. The summed E-state index contributed by atoms with van der Waals surface area (Å²) in [7, 11) is 5.09. The van der Waals surface area contributed by atoms with Crippen LogP contribution in [-0.4, -0.2) is 43.6 Å². The zero-order valence-corrected chi connectivity index (χ0v) is 17.1. The van der Waals surface area contributed by atoms with Crippen molar-refractivity contribution in [3.05, 3.63) is 72.1 Å². The van der Waals surface area contributed by atoms with E-state index in [2.05, 4.69) is 32.9 Å². The molecular weight excluding hydrogens is 366 g/mol. The lowest BCUT2D eigenvalue weighted by atomic mass is 10.1. The van der Waals surface area contributed by atoms with Crippen molar-refractivity contribution < 1.29 is 9.47 Å². The number of methoxy groups -OCH3 is 2. The lowest BCUT2D eigenvalue weighted by Crippen LogP contribution is -2.37. The SMILES string of the molecule is CN=C(NCCc1ccc(OC)cc1)NCc1ccn(-c2ccc(OC)cc2)n1. The third-order valence-corrected chi connectivity index (χ3v) is 4.51. The van der Waals surface area contributed by atoms with Crippen molar-refractivity contribution in [1.82, 2.24) is 20.4 Å². The average Bonchev–Trinajstić information content (AvgIpc) is 3.25. The summed E-state index contributed by atoms with van der Waals surface area (Å²) < 4.78 is 12.2. The molecule has 7 heteroatoms. The van der Waals surface area contributed by atoms with Gasteiger partial charge in [0.05, 0.1) is 32.1 Å². The molecule has 3 aromatic rings. The number of hydrogen-bond donors (Lipinski definition) is 2. The van der Waals surface area contributed by atoms with Gasteiger partial charge in [-0.15, -0.1) is 0 Å². The molecule has 29 heavy (non-hydrogen) atoms. The van der Waals surface area contributed by atoms with E-state index in [4.69, 9.17) is 9.47 Å². The second-order valence-electron chi connectivity index (χ2n) is 6.40. The van der Waals surface area contributed by atoms with Crippen LogP contribution in [0.3, 0.4) is 0 Å². The van der Waals surface area contributed by atoms with E-state index in [0.29, 0.717) is 6.54 Å². The Morgan fingerprint density at radius 1 is 0.931 bits per heavy atom. The lowest BCUT2D eigenvalue weighted by Gasteiger charge is -2.11. The number of rotatable bonds is 8. The third kappa shape index (κ3) is 5.75. The molecule has 2 aromatic carbocycles. The smallest absolute Gasteiger partial charge is 0.191 e. The van der Waals surface area contributed by atoms with Gasteiger partial charge in [-0.2, -0.15) is 5.10 Å². The van der Waals surface area contributed by atoms with E-state index in [1.807, 2.05) is 53.3 Å². The van der Waals surface area contributed by atoms with E-state index in [0.717, 1.165) is 41.8 Å². The topological polar surface area (TPSA) is 72.7 Å². The van der Waals surface area contributed by atoms with Gasteiger partial charge in [-0.25, -0.2) is 4.68 Å². The monoisotopic (exact) mass is 393 g/mol. The molecule has 1 aromatic heterocycles. The molecule has 0 bridgehead atoms. The number of ether oxygens (including phenoxy) is 2. The van der Waals surface area contributed by atoms with E-state index in [-0.39, 0.29) is 0 Å². The summed E-state index contributed by atoms with van der Waals surface area (Å²) >= 11 is 0. The zero-order chi connectivity index (χ0) is 20.5. The Labute approximate surface area is 171 Å². The summed E-state index contributed by atoms with van der Waals surface area (Å²) in [4.78, 5) is 4.27. The summed E-state index contributed by atoms with van der Waals surface area (Å²) in [6.07, 6.45) is 2.84. The molecule has 0 amide bonds. The van der Waals surface area contributed by atoms with Gasteiger partial charge in [0, 0.05) is 19.8 Å². The first-order chi connectivity index (χ1) is 14.2. The van der Waals surface area contributed by atoms with Crippen molar-refractivity contribution in [2.24, 2.45) is 4.99 Å². The van der Waals surface area contributed by atoms with E-state index < -0.39 is 0 Å². The van der Waals surface area contributed by atoms with Crippen LogP contribution in [0.2, 0.25) is 0 Å².